The molecule has 0 radical (unpaired) electrons. The number of rotatable bonds is 3. The molecule has 0 bridgehead atoms. The predicted molar refractivity (Wildman–Crippen MR) is 74.9 cm³/mol. The Morgan fingerprint density at radius 3 is 2.56 bits per heavy atom. The number of nitrogens with one attached hydrogen (secondary N) is 1. The number of halogens is 1. The van der Waals surface area contributed by atoms with E-state index in [0.717, 1.165) is 21.5 Å². The Kier molecular flexibility index (Phi) is 3.62. The highest BCUT2D eigenvalue weighted by Gasteiger charge is 2.05. The van der Waals surface area contributed by atoms with Gasteiger partial charge < -0.3 is 11.1 Å². The van der Waals surface area contributed by atoms with Crippen molar-refractivity contribution in [2.75, 3.05) is 5.32 Å². The number of carbonyl (C=O) groups is 1. The van der Waals surface area contributed by atoms with Crippen molar-refractivity contribution in [3.05, 3.63) is 52.1 Å². The number of pyridine rings is 1. The highest BCUT2D eigenvalue weighted by molar-refractivity contribution is 9.10. The number of aryl methyl sites for hydroxylation is 1. The molecule has 0 aliphatic rings. The molecule has 0 spiro atoms. The summed E-state index contributed by atoms with van der Waals surface area (Å²) in [4.78, 5) is 15.2. The van der Waals surface area contributed by atoms with Gasteiger partial charge in [-0.25, -0.2) is 4.98 Å². The molecule has 0 aliphatic heterocycles. The van der Waals surface area contributed by atoms with Crippen LogP contribution in [-0.2, 0) is 0 Å². The van der Waals surface area contributed by atoms with Crippen molar-refractivity contribution in [2.45, 2.75) is 6.92 Å². The molecular formula is C13H12BrN3O. The van der Waals surface area contributed by atoms with E-state index in [1.165, 1.54) is 0 Å². The fourth-order valence-electron chi connectivity index (χ4n) is 1.48. The number of primary amides is 1. The number of anilines is 2. The van der Waals surface area contributed by atoms with Crippen LogP contribution in [0, 0.1) is 6.92 Å². The van der Waals surface area contributed by atoms with E-state index in [-0.39, 0.29) is 0 Å². The Balaban J connectivity index is 2.24. The summed E-state index contributed by atoms with van der Waals surface area (Å²) in [6.07, 6.45) is 1.74. The monoisotopic (exact) mass is 305 g/mol. The molecule has 1 aromatic heterocycles. The number of amides is 1. The topological polar surface area (TPSA) is 68.0 Å². The summed E-state index contributed by atoms with van der Waals surface area (Å²) in [6, 6.07) is 8.85. The first-order valence-electron chi connectivity index (χ1n) is 5.36. The molecule has 92 valence electrons. The smallest absolute Gasteiger partial charge is 0.248 e. The van der Waals surface area contributed by atoms with E-state index in [1.54, 1.807) is 30.5 Å². The van der Waals surface area contributed by atoms with Crippen molar-refractivity contribution >= 4 is 33.3 Å². The van der Waals surface area contributed by atoms with Gasteiger partial charge in [-0.3, -0.25) is 4.79 Å². The first-order valence-corrected chi connectivity index (χ1v) is 6.15. The lowest BCUT2D eigenvalue weighted by molar-refractivity contribution is 0.100. The summed E-state index contributed by atoms with van der Waals surface area (Å²) in [7, 11) is 0. The number of aromatic nitrogens is 1. The van der Waals surface area contributed by atoms with Gasteiger partial charge in [-0.05, 0) is 58.7 Å². The highest BCUT2D eigenvalue weighted by Crippen LogP contribution is 2.26. The minimum atomic E-state index is -0.434. The largest absolute Gasteiger partial charge is 0.366 e. The second-order valence-corrected chi connectivity index (χ2v) is 4.65. The fourth-order valence-corrected chi connectivity index (χ4v) is 1.82. The van der Waals surface area contributed by atoms with E-state index in [1.807, 2.05) is 13.0 Å². The lowest BCUT2D eigenvalue weighted by atomic mass is 10.2. The van der Waals surface area contributed by atoms with Crippen LogP contribution < -0.4 is 11.1 Å². The molecule has 0 aliphatic carbocycles. The van der Waals surface area contributed by atoms with E-state index in [0.29, 0.717) is 5.56 Å². The van der Waals surface area contributed by atoms with Gasteiger partial charge in [-0.15, -0.1) is 0 Å². The van der Waals surface area contributed by atoms with Crippen molar-refractivity contribution in [2.24, 2.45) is 5.73 Å². The standard InChI is InChI=1S/C13H12BrN3O/c1-8-6-7-16-13(11(8)14)17-10-4-2-9(3-5-10)12(15)18/h2-7H,1H3,(H2,15,18)(H,16,17). The molecule has 0 saturated heterocycles. The van der Waals surface area contributed by atoms with Crippen molar-refractivity contribution in [1.29, 1.82) is 0 Å². The van der Waals surface area contributed by atoms with Gasteiger partial charge in [0.1, 0.15) is 5.82 Å². The van der Waals surface area contributed by atoms with Crippen molar-refractivity contribution < 1.29 is 4.79 Å². The maximum Gasteiger partial charge on any atom is 0.248 e. The van der Waals surface area contributed by atoms with Crippen LogP contribution in [0.15, 0.2) is 41.0 Å². The Morgan fingerprint density at radius 2 is 1.94 bits per heavy atom. The lowest BCUT2D eigenvalue weighted by Gasteiger charge is -2.09. The number of nitrogens with zero attached hydrogens (tertiary/aromatic N) is 1. The van der Waals surface area contributed by atoms with Crippen LogP contribution in [0.3, 0.4) is 0 Å². The molecule has 4 nitrogen and oxygen atoms in total. The second-order valence-electron chi connectivity index (χ2n) is 3.86. The van der Waals surface area contributed by atoms with Gasteiger partial charge in [0.15, 0.2) is 0 Å². The second kappa shape index (κ2) is 5.18. The Labute approximate surface area is 113 Å². The molecule has 0 unspecified atom stereocenters. The molecule has 2 rings (SSSR count). The quantitative estimate of drug-likeness (QED) is 0.916. The third kappa shape index (κ3) is 2.68. The number of hydrogen-bond acceptors (Lipinski definition) is 3. The molecule has 0 atom stereocenters. The van der Waals surface area contributed by atoms with Gasteiger partial charge in [0.25, 0.3) is 0 Å². The van der Waals surface area contributed by atoms with Gasteiger partial charge in [0, 0.05) is 17.4 Å². The van der Waals surface area contributed by atoms with Crippen LogP contribution in [0.5, 0.6) is 0 Å². The third-order valence-electron chi connectivity index (χ3n) is 2.51. The molecule has 3 N–H and O–H groups in total. The van der Waals surface area contributed by atoms with Crippen LogP contribution >= 0.6 is 15.9 Å². The summed E-state index contributed by atoms with van der Waals surface area (Å²) in [5, 5.41) is 3.17. The molecule has 0 fully saturated rings. The SMILES string of the molecule is Cc1ccnc(Nc2ccc(C(N)=O)cc2)c1Br. The molecule has 0 saturated carbocycles. The Bertz CT molecular complexity index is 581. The summed E-state index contributed by atoms with van der Waals surface area (Å²) >= 11 is 3.48. The minimum absolute atomic E-state index is 0.434. The molecule has 1 heterocycles. The summed E-state index contributed by atoms with van der Waals surface area (Å²) < 4.78 is 0.920. The van der Waals surface area contributed by atoms with E-state index in [4.69, 9.17) is 5.73 Å². The molecule has 1 aromatic carbocycles. The van der Waals surface area contributed by atoms with Crippen molar-refractivity contribution in [3.8, 4) is 0 Å². The lowest BCUT2D eigenvalue weighted by Crippen LogP contribution is -2.10. The molecule has 18 heavy (non-hydrogen) atoms. The van der Waals surface area contributed by atoms with Crippen LogP contribution in [-0.4, -0.2) is 10.9 Å². The molecular weight excluding hydrogens is 294 g/mol. The molecule has 2 aromatic rings. The zero-order valence-electron chi connectivity index (χ0n) is 9.77. The molecule has 1 amide bonds. The minimum Gasteiger partial charge on any atom is -0.366 e. The van der Waals surface area contributed by atoms with Crippen molar-refractivity contribution in [1.82, 2.24) is 4.98 Å². The van der Waals surface area contributed by atoms with E-state index in [2.05, 4.69) is 26.2 Å². The van der Waals surface area contributed by atoms with Gasteiger partial charge in [0.05, 0.1) is 4.47 Å². The molecule has 5 heteroatoms. The van der Waals surface area contributed by atoms with Crippen LogP contribution in [0.2, 0.25) is 0 Å². The van der Waals surface area contributed by atoms with Crippen LogP contribution in [0.25, 0.3) is 0 Å². The number of carbonyl (C=O) groups excluding carboxylic acids is 1. The average Bonchev–Trinajstić information content (AvgIpc) is 2.36. The van der Waals surface area contributed by atoms with E-state index < -0.39 is 5.91 Å². The van der Waals surface area contributed by atoms with Gasteiger partial charge in [-0.1, -0.05) is 0 Å². The van der Waals surface area contributed by atoms with Gasteiger partial charge in [0.2, 0.25) is 5.91 Å². The van der Waals surface area contributed by atoms with E-state index >= 15 is 0 Å². The zero-order valence-corrected chi connectivity index (χ0v) is 11.4. The first kappa shape index (κ1) is 12.6. The Morgan fingerprint density at radius 1 is 1.28 bits per heavy atom. The first-order chi connectivity index (χ1) is 8.58. The maximum absolute atomic E-state index is 11.0. The number of benzene rings is 1. The fraction of sp³-hybridized carbons (Fsp3) is 0.0769. The number of nitrogens with two attached hydrogens (primary N) is 1. The van der Waals surface area contributed by atoms with Gasteiger partial charge >= 0.3 is 0 Å². The Hall–Kier alpha value is -1.88. The highest BCUT2D eigenvalue weighted by atomic mass is 79.9. The average molecular weight is 306 g/mol. The zero-order chi connectivity index (χ0) is 13.1. The predicted octanol–water partition coefficient (Wildman–Crippen LogP) is 3.00. The van der Waals surface area contributed by atoms with Crippen LogP contribution in [0.1, 0.15) is 15.9 Å². The summed E-state index contributed by atoms with van der Waals surface area (Å²) in [5.41, 5.74) is 7.61. The third-order valence-corrected chi connectivity index (χ3v) is 3.52. The number of hydrogen-bond donors (Lipinski definition) is 2. The van der Waals surface area contributed by atoms with Crippen LogP contribution in [0.4, 0.5) is 11.5 Å². The maximum atomic E-state index is 11.0. The summed E-state index contributed by atoms with van der Waals surface area (Å²) in [6.45, 7) is 1.99. The van der Waals surface area contributed by atoms with Gasteiger partial charge in [-0.2, -0.15) is 0 Å². The van der Waals surface area contributed by atoms with E-state index in [9.17, 15) is 4.79 Å². The summed E-state index contributed by atoms with van der Waals surface area (Å²) in [5.74, 6) is 0.304. The van der Waals surface area contributed by atoms with Crippen molar-refractivity contribution in [3.63, 3.8) is 0 Å². The normalized spacial score (nSPS) is 10.1.